The fraction of sp³-hybridized carbons (Fsp3) is 0.450. The number of likely N-dealkylation sites (tertiary alicyclic amines) is 1. The van der Waals surface area contributed by atoms with E-state index in [1.807, 2.05) is 17.0 Å². The van der Waals surface area contributed by atoms with E-state index in [1.54, 1.807) is 19.5 Å². The molecular formula is C20H23N3O3. The average Bonchev–Trinajstić information content (AvgIpc) is 3.21. The molecule has 6 heteroatoms. The summed E-state index contributed by atoms with van der Waals surface area (Å²) >= 11 is 0. The lowest BCUT2D eigenvalue weighted by Gasteiger charge is -2.26. The molecule has 0 unspecified atom stereocenters. The molecule has 1 aromatic heterocycles. The van der Waals surface area contributed by atoms with E-state index in [-0.39, 0.29) is 5.91 Å². The molecule has 2 aliphatic rings. The van der Waals surface area contributed by atoms with Gasteiger partial charge >= 0.3 is 0 Å². The van der Waals surface area contributed by atoms with E-state index in [0.29, 0.717) is 18.2 Å². The first-order valence-electron chi connectivity index (χ1n) is 9.13. The Hall–Kier alpha value is -2.63. The third-order valence-corrected chi connectivity index (χ3v) is 5.05. The average molecular weight is 353 g/mol. The van der Waals surface area contributed by atoms with Crippen molar-refractivity contribution in [3.8, 4) is 11.5 Å². The van der Waals surface area contributed by atoms with Gasteiger partial charge in [0.25, 0.3) is 5.91 Å². The summed E-state index contributed by atoms with van der Waals surface area (Å²) in [4.78, 5) is 23.2. The third kappa shape index (κ3) is 3.36. The number of nitrogens with zero attached hydrogens (tertiary/aromatic N) is 3. The second kappa shape index (κ2) is 7.32. The van der Waals surface area contributed by atoms with Crippen molar-refractivity contribution < 1.29 is 14.3 Å². The van der Waals surface area contributed by atoms with Crippen LogP contribution in [0.15, 0.2) is 30.6 Å². The van der Waals surface area contributed by atoms with Gasteiger partial charge in [0, 0.05) is 25.2 Å². The molecule has 0 spiro atoms. The highest BCUT2D eigenvalue weighted by Gasteiger charge is 2.25. The van der Waals surface area contributed by atoms with Gasteiger partial charge in [0.05, 0.1) is 25.6 Å². The Kier molecular flexibility index (Phi) is 4.73. The molecule has 1 saturated heterocycles. The summed E-state index contributed by atoms with van der Waals surface area (Å²) in [5.74, 6) is 1.92. The summed E-state index contributed by atoms with van der Waals surface area (Å²) in [5.41, 5.74) is 2.44. The molecule has 2 aromatic rings. The van der Waals surface area contributed by atoms with Gasteiger partial charge in [-0.25, -0.2) is 4.98 Å². The van der Waals surface area contributed by atoms with Crippen molar-refractivity contribution in [3.63, 3.8) is 0 Å². The number of hydrogen-bond acceptors (Lipinski definition) is 5. The summed E-state index contributed by atoms with van der Waals surface area (Å²) in [6.45, 7) is 2.25. The number of rotatable bonds is 4. The zero-order chi connectivity index (χ0) is 17.9. The molecule has 136 valence electrons. The number of methoxy groups -OCH3 is 1. The number of aromatic nitrogens is 2. The number of ether oxygens (including phenoxy) is 2. The van der Waals surface area contributed by atoms with E-state index in [9.17, 15) is 4.79 Å². The maximum Gasteiger partial charge on any atom is 0.274 e. The van der Waals surface area contributed by atoms with Gasteiger partial charge in [-0.15, -0.1) is 0 Å². The third-order valence-electron chi connectivity index (χ3n) is 5.05. The monoisotopic (exact) mass is 353 g/mol. The van der Waals surface area contributed by atoms with Gasteiger partial charge in [-0.3, -0.25) is 9.78 Å². The molecule has 1 aromatic carbocycles. The van der Waals surface area contributed by atoms with Gasteiger partial charge in [0.2, 0.25) is 0 Å². The predicted octanol–water partition coefficient (Wildman–Crippen LogP) is 2.52. The minimum atomic E-state index is -0.00757. The molecule has 1 amide bonds. The fourth-order valence-corrected chi connectivity index (χ4v) is 3.73. The van der Waals surface area contributed by atoms with E-state index in [4.69, 9.17) is 9.47 Å². The largest absolute Gasteiger partial charge is 0.493 e. The first-order valence-corrected chi connectivity index (χ1v) is 9.13. The van der Waals surface area contributed by atoms with Gasteiger partial charge in [-0.05, 0) is 37.3 Å². The number of amides is 1. The second-order valence-corrected chi connectivity index (χ2v) is 6.93. The number of fused-ring (bicyclic) bond motifs is 1. The zero-order valence-electron chi connectivity index (χ0n) is 15.0. The number of para-hydroxylation sites is 1. The van der Waals surface area contributed by atoms with Crippen molar-refractivity contribution in [3.05, 3.63) is 47.5 Å². The second-order valence-electron chi connectivity index (χ2n) is 6.93. The van der Waals surface area contributed by atoms with Crippen molar-refractivity contribution in [1.82, 2.24) is 14.9 Å². The van der Waals surface area contributed by atoms with Gasteiger partial charge in [0.1, 0.15) is 5.69 Å². The Balaban J connectivity index is 1.46. The molecule has 26 heavy (non-hydrogen) atoms. The molecule has 4 rings (SSSR count). The highest BCUT2D eigenvalue weighted by atomic mass is 16.5. The molecule has 0 radical (unpaired) electrons. The topological polar surface area (TPSA) is 64.6 Å². The molecule has 2 aliphatic heterocycles. The number of carbonyl (C=O) groups excluding carboxylic acids is 1. The zero-order valence-corrected chi connectivity index (χ0v) is 15.0. The highest BCUT2D eigenvalue weighted by Crippen LogP contribution is 2.36. The Bertz CT molecular complexity index is 803. The lowest BCUT2D eigenvalue weighted by Crippen LogP contribution is -2.29. The van der Waals surface area contributed by atoms with Crippen LogP contribution in [0.5, 0.6) is 11.5 Å². The van der Waals surface area contributed by atoms with Crippen LogP contribution in [0.1, 0.15) is 34.6 Å². The van der Waals surface area contributed by atoms with Gasteiger partial charge in [0.15, 0.2) is 11.5 Å². The van der Waals surface area contributed by atoms with Gasteiger partial charge < -0.3 is 14.4 Å². The predicted molar refractivity (Wildman–Crippen MR) is 96.6 cm³/mol. The molecule has 6 nitrogen and oxygen atoms in total. The van der Waals surface area contributed by atoms with Crippen LogP contribution in [-0.4, -0.2) is 47.6 Å². The van der Waals surface area contributed by atoms with Gasteiger partial charge in [-0.1, -0.05) is 12.1 Å². The Morgan fingerprint density at radius 1 is 1.31 bits per heavy atom. The van der Waals surface area contributed by atoms with Crippen LogP contribution in [0.3, 0.4) is 0 Å². The minimum absolute atomic E-state index is 0.00757. The quantitative estimate of drug-likeness (QED) is 0.845. The lowest BCUT2D eigenvalue weighted by molar-refractivity contribution is 0.0786. The molecule has 0 saturated carbocycles. The van der Waals surface area contributed by atoms with Crippen LogP contribution in [0.25, 0.3) is 0 Å². The van der Waals surface area contributed by atoms with Crippen molar-refractivity contribution in [2.45, 2.75) is 25.7 Å². The van der Waals surface area contributed by atoms with Crippen molar-refractivity contribution in [1.29, 1.82) is 0 Å². The molecule has 3 heterocycles. The molecule has 0 bridgehead atoms. The molecular weight excluding hydrogens is 330 g/mol. The first kappa shape index (κ1) is 16.8. The minimum Gasteiger partial charge on any atom is -0.493 e. The number of carbonyl (C=O) groups is 1. The Labute approximate surface area is 153 Å². The van der Waals surface area contributed by atoms with Crippen LogP contribution in [0.2, 0.25) is 0 Å². The molecule has 1 fully saturated rings. The fourth-order valence-electron chi connectivity index (χ4n) is 3.73. The Morgan fingerprint density at radius 2 is 2.15 bits per heavy atom. The summed E-state index contributed by atoms with van der Waals surface area (Å²) < 4.78 is 11.3. The molecule has 0 N–H and O–H groups in total. The van der Waals surface area contributed by atoms with Crippen LogP contribution in [-0.2, 0) is 12.8 Å². The van der Waals surface area contributed by atoms with Crippen LogP contribution in [0.4, 0.5) is 0 Å². The van der Waals surface area contributed by atoms with E-state index < -0.39 is 0 Å². The SMILES string of the molecule is COc1cccc2c1OC[C@H](Cc1cncc(C(=O)N3CCCC3)n1)C2. The van der Waals surface area contributed by atoms with Crippen molar-refractivity contribution >= 4 is 5.91 Å². The highest BCUT2D eigenvalue weighted by molar-refractivity contribution is 5.92. The number of hydrogen-bond donors (Lipinski definition) is 0. The smallest absolute Gasteiger partial charge is 0.274 e. The molecule has 1 atom stereocenters. The van der Waals surface area contributed by atoms with Crippen molar-refractivity contribution in [2.75, 3.05) is 26.8 Å². The maximum absolute atomic E-state index is 12.5. The number of benzene rings is 1. The standard InChI is InChI=1S/C20H23N3O3/c1-25-18-6-4-5-15-9-14(13-26-19(15)18)10-16-11-21-12-17(22-16)20(24)23-7-2-3-8-23/h4-6,11-12,14H,2-3,7-10,13H2,1H3/t14-/m0/s1. The summed E-state index contributed by atoms with van der Waals surface area (Å²) in [6.07, 6.45) is 7.11. The normalized spacial score (nSPS) is 19.0. The summed E-state index contributed by atoms with van der Waals surface area (Å²) in [7, 11) is 1.66. The summed E-state index contributed by atoms with van der Waals surface area (Å²) in [5, 5.41) is 0. The van der Waals surface area contributed by atoms with Crippen LogP contribution in [0, 0.1) is 5.92 Å². The lowest BCUT2D eigenvalue weighted by atomic mass is 9.92. The van der Waals surface area contributed by atoms with E-state index in [1.165, 1.54) is 0 Å². The maximum atomic E-state index is 12.5. The van der Waals surface area contributed by atoms with Crippen LogP contribution < -0.4 is 9.47 Å². The van der Waals surface area contributed by atoms with E-state index >= 15 is 0 Å². The van der Waals surface area contributed by atoms with E-state index in [2.05, 4.69) is 16.0 Å². The Morgan fingerprint density at radius 3 is 2.96 bits per heavy atom. The first-order chi connectivity index (χ1) is 12.7. The van der Waals surface area contributed by atoms with Gasteiger partial charge in [-0.2, -0.15) is 0 Å². The van der Waals surface area contributed by atoms with Crippen molar-refractivity contribution in [2.24, 2.45) is 5.92 Å². The molecule has 0 aliphatic carbocycles. The van der Waals surface area contributed by atoms with Crippen LogP contribution >= 0.6 is 0 Å². The van der Waals surface area contributed by atoms with E-state index in [0.717, 1.165) is 61.5 Å². The summed E-state index contributed by atoms with van der Waals surface area (Å²) in [6, 6.07) is 5.97.